The Labute approximate surface area is 137 Å². The lowest BCUT2D eigenvalue weighted by Gasteiger charge is -2.37. The van der Waals surface area contributed by atoms with Gasteiger partial charge in [0.25, 0.3) is 0 Å². The number of rotatable bonds is 4. The molecule has 0 spiro atoms. The van der Waals surface area contributed by atoms with Crippen molar-refractivity contribution < 1.29 is 4.52 Å². The van der Waals surface area contributed by atoms with Crippen molar-refractivity contribution in [3.63, 3.8) is 0 Å². The minimum Gasteiger partial charge on any atom is -0.338 e. The van der Waals surface area contributed by atoms with E-state index in [1.54, 1.807) is 0 Å². The van der Waals surface area contributed by atoms with Crippen molar-refractivity contribution in [3.8, 4) is 0 Å². The second-order valence-electron chi connectivity index (χ2n) is 6.95. The Balaban J connectivity index is 1.37. The summed E-state index contributed by atoms with van der Waals surface area (Å²) < 4.78 is 5.40. The predicted molar refractivity (Wildman–Crippen MR) is 88.1 cm³/mol. The Bertz CT molecular complexity index is 656. The summed E-state index contributed by atoms with van der Waals surface area (Å²) >= 11 is 0. The molecule has 4 rings (SSSR count). The van der Waals surface area contributed by atoms with Gasteiger partial charge in [-0.15, -0.1) is 0 Å². The van der Waals surface area contributed by atoms with Gasteiger partial charge in [0, 0.05) is 26.2 Å². The van der Waals surface area contributed by atoms with E-state index in [0.29, 0.717) is 0 Å². The van der Waals surface area contributed by atoms with Crippen molar-refractivity contribution in [2.75, 3.05) is 33.2 Å². The summed E-state index contributed by atoms with van der Waals surface area (Å²) in [4.78, 5) is 9.32. The first-order valence-corrected chi connectivity index (χ1v) is 8.48. The number of nitrogens with zero attached hydrogens (tertiary/aromatic N) is 4. The second-order valence-corrected chi connectivity index (χ2v) is 6.95. The van der Waals surface area contributed by atoms with E-state index >= 15 is 0 Å². The summed E-state index contributed by atoms with van der Waals surface area (Å²) in [6.07, 6.45) is 1.32. The van der Waals surface area contributed by atoms with Gasteiger partial charge in [0.05, 0.1) is 0 Å². The zero-order valence-corrected chi connectivity index (χ0v) is 13.9. The monoisotopic (exact) mass is 312 g/mol. The van der Waals surface area contributed by atoms with Crippen molar-refractivity contribution in [1.82, 2.24) is 19.9 Å². The van der Waals surface area contributed by atoms with Gasteiger partial charge in [0.1, 0.15) is 6.04 Å². The van der Waals surface area contributed by atoms with Gasteiger partial charge in [0.2, 0.25) is 5.89 Å². The molecule has 0 N–H and O–H groups in total. The summed E-state index contributed by atoms with van der Waals surface area (Å²) in [6.45, 7) is 6.21. The lowest BCUT2D eigenvalue weighted by atomic mass is 10.1. The molecule has 3 atom stereocenters. The van der Waals surface area contributed by atoms with Crippen LogP contribution in [-0.2, 0) is 0 Å². The molecule has 0 bridgehead atoms. The van der Waals surface area contributed by atoms with Crippen molar-refractivity contribution in [2.24, 2.45) is 5.92 Å². The van der Waals surface area contributed by atoms with Gasteiger partial charge in [-0.3, -0.25) is 9.80 Å². The summed E-state index contributed by atoms with van der Waals surface area (Å²) in [6, 6.07) is 11.1. The van der Waals surface area contributed by atoms with Gasteiger partial charge in [-0.05, 0) is 37.8 Å². The van der Waals surface area contributed by atoms with Crippen LogP contribution in [-0.4, -0.2) is 53.2 Å². The lowest BCUT2D eigenvalue weighted by molar-refractivity contribution is 0.0728. The van der Waals surface area contributed by atoms with Gasteiger partial charge in [-0.1, -0.05) is 35.5 Å². The first-order valence-electron chi connectivity index (χ1n) is 8.48. The van der Waals surface area contributed by atoms with Crippen LogP contribution in [0.5, 0.6) is 0 Å². The fourth-order valence-electron chi connectivity index (χ4n) is 3.70. The number of benzene rings is 1. The molecular formula is C18H24N4O. The average molecular weight is 312 g/mol. The maximum absolute atomic E-state index is 5.40. The van der Waals surface area contributed by atoms with Crippen LogP contribution in [0.4, 0.5) is 0 Å². The number of aryl methyl sites for hydroxylation is 1. The first kappa shape index (κ1) is 14.8. The Morgan fingerprint density at radius 2 is 2.04 bits per heavy atom. The second kappa shape index (κ2) is 6.06. The highest BCUT2D eigenvalue weighted by atomic mass is 16.5. The third-order valence-electron chi connectivity index (χ3n) is 5.20. The molecule has 2 aromatic rings. The van der Waals surface area contributed by atoms with Gasteiger partial charge in [0.15, 0.2) is 5.82 Å². The van der Waals surface area contributed by atoms with E-state index < -0.39 is 0 Å². The minimum atomic E-state index is 0.221. The highest BCUT2D eigenvalue weighted by Gasteiger charge is 2.40. The molecule has 0 amide bonds. The molecule has 3 unspecified atom stereocenters. The third-order valence-corrected chi connectivity index (χ3v) is 5.20. The van der Waals surface area contributed by atoms with Crippen LogP contribution in [0, 0.1) is 12.8 Å². The number of aromatic nitrogens is 2. The topological polar surface area (TPSA) is 45.4 Å². The molecule has 23 heavy (non-hydrogen) atoms. The van der Waals surface area contributed by atoms with Gasteiger partial charge in [-0.25, -0.2) is 0 Å². The number of hydrogen-bond acceptors (Lipinski definition) is 5. The summed E-state index contributed by atoms with van der Waals surface area (Å²) in [5.74, 6) is 3.02. The summed E-state index contributed by atoms with van der Waals surface area (Å²) in [7, 11) is 2.14. The largest absolute Gasteiger partial charge is 0.338 e. The number of piperazine rings is 1. The van der Waals surface area contributed by atoms with Crippen LogP contribution in [0.1, 0.15) is 35.7 Å². The van der Waals surface area contributed by atoms with E-state index in [2.05, 4.69) is 57.3 Å². The SMILES string of the molecule is Cc1noc(C2CN(CC3CC3c3ccccc3)CCN2C)n1. The van der Waals surface area contributed by atoms with Crippen LogP contribution in [0.3, 0.4) is 0 Å². The van der Waals surface area contributed by atoms with E-state index in [-0.39, 0.29) is 6.04 Å². The minimum absolute atomic E-state index is 0.221. The molecule has 5 nitrogen and oxygen atoms in total. The van der Waals surface area contributed by atoms with Crippen LogP contribution in [0.25, 0.3) is 0 Å². The molecule has 1 aromatic carbocycles. The molecule has 1 saturated heterocycles. The quantitative estimate of drug-likeness (QED) is 0.868. The standard InChI is InChI=1S/C18H24N4O/c1-13-19-18(23-20-13)17-12-22(9-8-21(17)2)11-15-10-16(15)14-6-4-3-5-7-14/h3-7,15-17H,8-12H2,1-2H3. The van der Waals surface area contributed by atoms with Crippen molar-refractivity contribution >= 4 is 0 Å². The molecule has 1 saturated carbocycles. The van der Waals surface area contributed by atoms with E-state index in [0.717, 1.165) is 43.2 Å². The Hall–Kier alpha value is -1.72. The molecule has 122 valence electrons. The Morgan fingerprint density at radius 1 is 1.22 bits per heavy atom. The van der Waals surface area contributed by atoms with E-state index in [1.165, 1.54) is 18.5 Å². The summed E-state index contributed by atoms with van der Waals surface area (Å²) in [5.41, 5.74) is 1.50. The van der Waals surface area contributed by atoms with E-state index in [4.69, 9.17) is 4.52 Å². The zero-order chi connectivity index (χ0) is 15.8. The normalized spacial score (nSPS) is 28.9. The zero-order valence-electron chi connectivity index (χ0n) is 13.9. The molecule has 5 heteroatoms. The fraction of sp³-hybridized carbons (Fsp3) is 0.556. The first-order chi connectivity index (χ1) is 11.2. The molecule has 1 aliphatic heterocycles. The summed E-state index contributed by atoms with van der Waals surface area (Å²) in [5, 5.41) is 3.95. The molecular weight excluding hydrogens is 288 g/mol. The Kier molecular flexibility index (Phi) is 3.91. The van der Waals surface area contributed by atoms with Crippen LogP contribution < -0.4 is 0 Å². The van der Waals surface area contributed by atoms with Crippen molar-refractivity contribution in [1.29, 1.82) is 0 Å². The Morgan fingerprint density at radius 3 is 2.78 bits per heavy atom. The molecule has 2 fully saturated rings. The molecule has 2 heterocycles. The number of hydrogen-bond donors (Lipinski definition) is 0. The van der Waals surface area contributed by atoms with Gasteiger partial charge >= 0.3 is 0 Å². The van der Waals surface area contributed by atoms with Crippen molar-refractivity contribution in [2.45, 2.75) is 25.3 Å². The molecule has 1 aliphatic carbocycles. The molecule has 2 aliphatic rings. The maximum atomic E-state index is 5.40. The molecule has 1 aromatic heterocycles. The predicted octanol–water partition coefficient (Wildman–Crippen LogP) is 2.47. The number of likely N-dealkylation sites (N-methyl/N-ethyl adjacent to an activating group) is 1. The van der Waals surface area contributed by atoms with Gasteiger partial charge in [-0.2, -0.15) is 4.98 Å². The van der Waals surface area contributed by atoms with E-state index in [9.17, 15) is 0 Å². The van der Waals surface area contributed by atoms with Crippen LogP contribution in [0.15, 0.2) is 34.9 Å². The fourth-order valence-corrected chi connectivity index (χ4v) is 3.70. The van der Waals surface area contributed by atoms with E-state index in [1.807, 2.05) is 6.92 Å². The van der Waals surface area contributed by atoms with Crippen LogP contribution in [0.2, 0.25) is 0 Å². The van der Waals surface area contributed by atoms with Crippen LogP contribution >= 0.6 is 0 Å². The molecule has 0 radical (unpaired) electrons. The third kappa shape index (κ3) is 3.16. The maximum Gasteiger partial charge on any atom is 0.245 e. The van der Waals surface area contributed by atoms with Crippen molar-refractivity contribution in [3.05, 3.63) is 47.6 Å². The highest BCUT2D eigenvalue weighted by Crippen LogP contribution is 2.48. The average Bonchev–Trinajstić information content (AvgIpc) is 3.20. The van der Waals surface area contributed by atoms with Gasteiger partial charge < -0.3 is 4.52 Å². The lowest BCUT2D eigenvalue weighted by Crippen LogP contribution is -2.47. The highest BCUT2D eigenvalue weighted by molar-refractivity contribution is 5.25. The smallest absolute Gasteiger partial charge is 0.245 e.